The molecule has 3 nitrogen and oxygen atoms in total. The maximum atomic E-state index is 12.9. The number of fused-ring (bicyclic) bond motifs is 1. The number of furan rings is 1. The largest absolute Gasteiger partial charge is 0.469 e. The lowest BCUT2D eigenvalue weighted by molar-refractivity contribution is -0.124. The van der Waals surface area contributed by atoms with Gasteiger partial charge in [-0.15, -0.1) is 0 Å². The SMILES string of the molecule is O=C(NC1CCCc2occc21)C1(c2ccc(Br)cc2)CC1. The molecule has 0 saturated heterocycles. The summed E-state index contributed by atoms with van der Waals surface area (Å²) in [5.41, 5.74) is 1.96. The summed E-state index contributed by atoms with van der Waals surface area (Å²) >= 11 is 3.45. The Hall–Kier alpha value is -1.55. The summed E-state index contributed by atoms with van der Waals surface area (Å²) in [4.78, 5) is 12.9. The molecule has 1 saturated carbocycles. The highest BCUT2D eigenvalue weighted by molar-refractivity contribution is 9.10. The molecule has 114 valence electrons. The minimum Gasteiger partial charge on any atom is -0.469 e. The summed E-state index contributed by atoms with van der Waals surface area (Å²) < 4.78 is 6.55. The van der Waals surface area contributed by atoms with E-state index in [-0.39, 0.29) is 17.4 Å². The minimum absolute atomic E-state index is 0.0999. The number of aryl methyl sites for hydroxylation is 1. The van der Waals surface area contributed by atoms with E-state index in [4.69, 9.17) is 4.42 Å². The summed E-state index contributed by atoms with van der Waals surface area (Å²) in [6.07, 6.45) is 6.64. The van der Waals surface area contributed by atoms with Crippen LogP contribution in [0.2, 0.25) is 0 Å². The third kappa shape index (κ3) is 2.30. The third-order valence-corrected chi connectivity index (χ3v) is 5.47. The van der Waals surface area contributed by atoms with Crippen molar-refractivity contribution in [3.63, 3.8) is 0 Å². The highest BCUT2D eigenvalue weighted by atomic mass is 79.9. The molecule has 2 aliphatic carbocycles. The van der Waals surface area contributed by atoms with Gasteiger partial charge in [-0.05, 0) is 49.4 Å². The van der Waals surface area contributed by atoms with Gasteiger partial charge in [-0.1, -0.05) is 28.1 Å². The van der Waals surface area contributed by atoms with E-state index in [1.165, 1.54) is 0 Å². The zero-order valence-electron chi connectivity index (χ0n) is 12.3. The van der Waals surface area contributed by atoms with Crippen LogP contribution in [0.25, 0.3) is 0 Å². The number of hydrogen-bond donors (Lipinski definition) is 1. The van der Waals surface area contributed by atoms with Crippen molar-refractivity contribution in [1.29, 1.82) is 0 Å². The molecule has 0 aliphatic heterocycles. The second-order valence-corrected chi connectivity index (χ2v) is 7.22. The molecule has 1 fully saturated rings. The van der Waals surface area contributed by atoms with Gasteiger partial charge in [0.15, 0.2) is 0 Å². The van der Waals surface area contributed by atoms with Gasteiger partial charge in [0.25, 0.3) is 0 Å². The van der Waals surface area contributed by atoms with E-state index in [2.05, 4.69) is 33.4 Å². The number of hydrogen-bond acceptors (Lipinski definition) is 2. The van der Waals surface area contributed by atoms with Gasteiger partial charge < -0.3 is 9.73 Å². The van der Waals surface area contributed by atoms with E-state index in [0.717, 1.165) is 53.5 Å². The number of carbonyl (C=O) groups is 1. The molecule has 4 rings (SSSR count). The number of carbonyl (C=O) groups excluding carboxylic acids is 1. The van der Waals surface area contributed by atoms with Gasteiger partial charge in [-0.3, -0.25) is 4.79 Å². The molecule has 4 heteroatoms. The average molecular weight is 360 g/mol. The Balaban J connectivity index is 1.55. The summed E-state index contributed by atoms with van der Waals surface area (Å²) in [7, 11) is 0. The molecule has 1 amide bonds. The smallest absolute Gasteiger partial charge is 0.231 e. The topological polar surface area (TPSA) is 42.2 Å². The van der Waals surface area contributed by atoms with Gasteiger partial charge >= 0.3 is 0 Å². The predicted octanol–water partition coefficient (Wildman–Crippen LogP) is 4.27. The lowest BCUT2D eigenvalue weighted by Crippen LogP contribution is -2.38. The standard InChI is InChI=1S/C18H18BrNO2/c19-13-6-4-12(5-7-13)18(9-10-18)17(21)20-15-2-1-3-16-14(15)8-11-22-16/h4-8,11,15H,1-3,9-10H2,(H,20,21). The molecule has 1 heterocycles. The van der Waals surface area contributed by atoms with Crippen molar-refractivity contribution in [3.8, 4) is 0 Å². The summed E-state index contributed by atoms with van der Waals surface area (Å²) in [6, 6.07) is 10.2. The Labute approximate surface area is 138 Å². The van der Waals surface area contributed by atoms with E-state index in [1.807, 2.05) is 18.2 Å². The van der Waals surface area contributed by atoms with Crippen LogP contribution in [0.3, 0.4) is 0 Å². The first-order valence-corrected chi connectivity index (χ1v) is 8.62. The van der Waals surface area contributed by atoms with E-state index in [0.29, 0.717) is 0 Å². The van der Waals surface area contributed by atoms with E-state index >= 15 is 0 Å². The second kappa shape index (κ2) is 5.27. The zero-order chi connectivity index (χ0) is 15.2. The van der Waals surface area contributed by atoms with Crippen molar-refractivity contribution in [2.75, 3.05) is 0 Å². The van der Waals surface area contributed by atoms with Crippen LogP contribution in [0.4, 0.5) is 0 Å². The van der Waals surface area contributed by atoms with Crippen molar-refractivity contribution in [1.82, 2.24) is 5.32 Å². The Morgan fingerprint density at radius 2 is 2.00 bits per heavy atom. The van der Waals surface area contributed by atoms with Crippen molar-refractivity contribution in [2.24, 2.45) is 0 Å². The number of nitrogens with one attached hydrogen (secondary N) is 1. The average Bonchev–Trinajstić information content (AvgIpc) is 3.19. The predicted molar refractivity (Wildman–Crippen MR) is 87.6 cm³/mol. The van der Waals surface area contributed by atoms with Crippen LogP contribution in [0.1, 0.15) is 48.6 Å². The molecular weight excluding hydrogens is 342 g/mol. The number of rotatable bonds is 3. The fourth-order valence-electron chi connectivity index (χ4n) is 3.47. The van der Waals surface area contributed by atoms with Crippen molar-refractivity contribution < 1.29 is 9.21 Å². The fraction of sp³-hybridized carbons (Fsp3) is 0.389. The van der Waals surface area contributed by atoms with Crippen molar-refractivity contribution >= 4 is 21.8 Å². The number of halogens is 1. The molecule has 2 aromatic rings. The summed E-state index contributed by atoms with van der Waals surface area (Å²) in [5, 5.41) is 3.27. The van der Waals surface area contributed by atoms with Gasteiger partial charge in [0, 0.05) is 16.5 Å². The van der Waals surface area contributed by atoms with Crippen LogP contribution in [0.5, 0.6) is 0 Å². The first kappa shape index (κ1) is 14.1. The Bertz CT molecular complexity index is 700. The van der Waals surface area contributed by atoms with E-state index < -0.39 is 0 Å². The van der Waals surface area contributed by atoms with Crippen LogP contribution < -0.4 is 5.32 Å². The molecule has 22 heavy (non-hydrogen) atoms. The van der Waals surface area contributed by atoms with Gasteiger partial charge in [0.2, 0.25) is 5.91 Å². The van der Waals surface area contributed by atoms with Crippen LogP contribution in [0, 0.1) is 0 Å². The minimum atomic E-state index is -0.317. The van der Waals surface area contributed by atoms with E-state index in [9.17, 15) is 4.79 Å². The first-order chi connectivity index (χ1) is 10.7. The molecule has 0 radical (unpaired) electrons. The molecule has 0 spiro atoms. The molecule has 1 N–H and O–H groups in total. The normalized spacial score (nSPS) is 22.0. The van der Waals surface area contributed by atoms with Crippen LogP contribution in [0.15, 0.2) is 45.5 Å². The molecular formula is C18H18BrNO2. The monoisotopic (exact) mass is 359 g/mol. The first-order valence-electron chi connectivity index (χ1n) is 7.82. The quantitative estimate of drug-likeness (QED) is 0.888. The molecule has 1 atom stereocenters. The van der Waals surface area contributed by atoms with Crippen LogP contribution in [-0.4, -0.2) is 5.91 Å². The van der Waals surface area contributed by atoms with Crippen molar-refractivity contribution in [2.45, 2.75) is 43.6 Å². The molecule has 1 unspecified atom stereocenters. The molecule has 2 aliphatic rings. The molecule has 1 aromatic heterocycles. The highest BCUT2D eigenvalue weighted by Crippen LogP contribution is 2.49. The van der Waals surface area contributed by atoms with Crippen LogP contribution >= 0.6 is 15.9 Å². The van der Waals surface area contributed by atoms with Gasteiger partial charge in [-0.2, -0.15) is 0 Å². The Morgan fingerprint density at radius 1 is 1.23 bits per heavy atom. The van der Waals surface area contributed by atoms with E-state index in [1.54, 1.807) is 6.26 Å². The van der Waals surface area contributed by atoms with Gasteiger partial charge in [0.1, 0.15) is 5.76 Å². The summed E-state index contributed by atoms with van der Waals surface area (Å²) in [6.45, 7) is 0. The van der Waals surface area contributed by atoms with Crippen LogP contribution in [-0.2, 0) is 16.6 Å². The maximum absolute atomic E-state index is 12.9. The van der Waals surface area contributed by atoms with Crippen molar-refractivity contribution in [3.05, 3.63) is 58.0 Å². The molecule has 0 bridgehead atoms. The third-order valence-electron chi connectivity index (χ3n) is 4.94. The highest BCUT2D eigenvalue weighted by Gasteiger charge is 2.51. The second-order valence-electron chi connectivity index (χ2n) is 6.31. The zero-order valence-corrected chi connectivity index (χ0v) is 13.9. The number of amides is 1. The summed E-state index contributed by atoms with van der Waals surface area (Å²) in [5.74, 6) is 1.19. The molecule has 1 aromatic carbocycles. The lowest BCUT2D eigenvalue weighted by Gasteiger charge is -2.25. The fourth-order valence-corrected chi connectivity index (χ4v) is 3.74. The Morgan fingerprint density at radius 3 is 2.73 bits per heavy atom. The van der Waals surface area contributed by atoms with Gasteiger partial charge in [0.05, 0.1) is 17.7 Å². The Kier molecular flexibility index (Phi) is 3.37. The lowest BCUT2D eigenvalue weighted by atomic mass is 9.90. The number of benzene rings is 1. The van der Waals surface area contributed by atoms with Gasteiger partial charge in [-0.25, -0.2) is 0 Å². The maximum Gasteiger partial charge on any atom is 0.231 e.